The predicted octanol–water partition coefficient (Wildman–Crippen LogP) is 6.95. The Labute approximate surface area is 198 Å². The van der Waals surface area contributed by atoms with Crippen molar-refractivity contribution in [3.8, 4) is 16.7 Å². The number of ether oxygens (including phenoxy) is 2. The molecule has 2 aliphatic carbocycles. The highest BCUT2D eigenvalue weighted by Crippen LogP contribution is 2.63. The van der Waals surface area contributed by atoms with Crippen molar-refractivity contribution >= 4 is 32.9 Å². The summed E-state index contributed by atoms with van der Waals surface area (Å²) in [6.07, 6.45) is 2.38. The highest BCUT2D eigenvalue weighted by molar-refractivity contribution is 7.20. The number of Topliss-reactive ketones (excluding diaryl/α,β-unsaturated/α-hetero) is 1. The lowest BCUT2D eigenvalue weighted by Crippen LogP contribution is -2.45. The predicted molar refractivity (Wildman–Crippen MR) is 131 cm³/mol. The van der Waals surface area contributed by atoms with E-state index in [1.807, 2.05) is 36.4 Å². The number of methoxy groups -OCH3 is 1. The smallest absolute Gasteiger partial charge is 0.279 e. The first-order valence-corrected chi connectivity index (χ1v) is 12.2. The van der Waals surface area contributed by atoms with Crippen molar-refractivity contribution in [1.29, 1.82) is 0 Å². The Morgan fingerprint density at radius 1 is 1.15 bits per heavy atom. The molecule has 2 atom stereocenters. The van der Waals surface area contributed by atoms with Crippen LogP contribution < -0.4 is 9.47 Å². The number of rotatable bonds is 5. The second-order valence-electron chi connectivity index (χ2n) is 9.82. The lowest BCUT2D eigenvalue weighted by molar-refractivity contribution is -0.128. The Morgan fingerprint density at radius 2 is 1.91 bits per heavy atom. The van der Waals surface area contributed by atoms with Crippen molar-refractivity contribution in [1.82, 2.24) is 4.98 Å². The van der Waals surface area contributed by atoms with Crippen LogP contribution in [0.15, 0.2) is 42.2 Å². The Balaban J connectivity index is 1.56. The number of carbonyl (C=O) groups is 1. The molecule has 0 amide bonds. The van der Waals surface area contributed by atoms with E-state index in [1.54, 1.807) is 7.11 Å². The van der Waals surface area contributed by atoms with E-state index in [0.717, 1.165) is 46.4 Å². The molecule has 1 fully saturated rings. The number of ketones is 1. The molecule has 1 heterocycles. The third-order valence-corrected chi connectivity index (χ3v) is 8.95. The number of fused-ring (bicyclic) bond motifs is 3. The summed E-state index contributed by atoms with van der Waals surface area (Å²) in [7, 11) is 1.64. The summed E-state index contributed by atoms with van der Waals surface area (Å²) in [5, 5.41) is 11.8. The summed E-state index contributed by atoms with van der Waals surface area (Å²) < 4.78 is 12.4. The lowest BCUT2D eigenvalue weighted by atomic mass is 9.58. The van der Waals surface area contributed by atoms with Gasteiger partial charge in [-0.25, -0.2) is 4.98 Å². The topological polar surface area (TPSA) is 68.7 Å². The fourth-order valence-corrected chi connectivity index (χ4v) is 6.39. The van der Waals surface area contributed by atoms with Gasteiger partial charge in [0.05, 0.1) is 22.9 Å². The zero-order chi connectivity index (χ0) is 23.5. The highest BCUT2D eigenvalue weighted by atomic mass is 32.1. The average Bonchev–Trinajstić information content (AvgIpc) is 3.27. The Kier molecular flexibility index (Phi) is 5.05. The van der Waals surface area contributed by atoms with Crippen LogP contribution in [0.5, 0.6) is 16.7 Å². The van der Waals surface area contributed by atoms with Crippen LogP contribution in [0.1, 0.15) is 51.7 Å². The number of benzene rings is 2. The summed E-state index contributed by atoms with van der Waals surface area (Å²) in [4.78, 5) is 18.3. The number of aliphatic hydroxyl groups excluding tert-OH is 1. The van der Waals surface area contributed by atoms with Gasteiger partial charge in [0.1, 0.15) is 17.3 Å². The fraction of sp³-hybridized carbons (Fsp3) is 0.407. The van der Waals surface area contributed by atoms with Gasteiger partial charge in [-0.05, 0) is 66.1 Å². The van der Waals surface area contributed by atoms with E-state index in [0.29, 0.717) is 16.5 Å². The molecule has 0 aliphatic heterocycles. The summed E-state index contributed by atoms with van der Waals surface area (Å²) in [5.74, 6) is 1.64. The van der Waals surface area contributed by atoms with Gasteiger partial charge in [0.2, 0.25) is 0 Å². The monoisotopic (exact) mass is 463 g/mol. The van der Waals surface area contributed by atoms with E-state index in [-0.39, 0.29) is 22.9 Å². The first-order chi connectivity index (χ1) is 15.7. The number of nitrogens with zero attached hydrogens (tertiary/aromatic N) is 1. The standard InChI is InChI=1S/C27H29NO4S/c1-6-15-7-8-17(32-25-28-20-10-9-16(31-5)14-21(20)33-25)13-18(15)22-23(29)19-11-12-27(4,24(22)30)26(19,2)3/h7-10,13-14,19,29H,6,11-12H2,1-5H3/t19-,27+/m0/s1. The normalized spacial score (nSPS) is 23.9. The number of aliphatic hydroxyl groups is 1. The molecule has 3 aromatic rings. The van der Waals surface area contributed by atoms with Crippen LogP contribution in [0.4, 0.5) is 0 Å². The number of hydrogen-bond acceptors (Lipinski definition) is 6. The van der Waals surface area contributed by atoms with E-state index in [2.05, 4.69) is 32.7 Å². The summed E-state index contributed by atoms with van der Waals surface area (Å²) in [6.45, 7) is 8.34. The van der Waals surface area contributed by atoms with Crippen LogP contribution in [0.3, 0.4) is 0 Å². The van der Waals surface area contributed by atoms with Crippen LogP contribution >= 0.6 is 11.3 Å². The number of aryl methyl sites for hydroxylation is 1. The van der Waals surface area contributed by atoms with Gasteiger partial charge in [-0.3, -0.25) is 4.79 Å². The van der Waals surface area contributed by atoms with Crippen LogP contribution in [0.2, 0.25) is 0 Å². The maximum absolute atomic E-state index is 13.8. The van der Waals surface area contributed by atoms with Crippen LogP contribution in [-0.2, 0) is 11.2 Å². The van der Waals surface area contributed by atoms with E-state index >= 15 is 0 Å². The molecule has 0 saturated heterocycles. The second kappa shape index (κ2) is 7.59. The van der Waals surface area contributed by atoms with Crippen molar-refractivity contribution < 1.29 is 19.4 Å². The van der Waals surface area contributed by atoms with Gasteiger partial charge < -0.3 is 14.6 Å². The number of hydrogen-bond donors (Lipinski definition) is 1. The van der Waals surface area contributed by atoms with Gasteiger partial charge in [0.15, 0.2) is 5.78 Å². The second-order valence-corrected chi connectivity index (χ2v) is 10.8. The summed E-state index contributed by atoms with van der Waals surface area (Å²) in [5.41, 5.74) is 2.36. The van der Waals surface area contributed by atoms with E-state index in [9.17, 15) is 9.90 Å². The third kappa shape index (κ3) is 3.18. The van der Waals surface area contributed by atoms with Crippen molar-refractivity contribution in [3.63, 3.8) is 0 Å². The number of carbonyl (C=O) groups excluding carboxylic acids is 1. The SMILES string of the molecule is CCc1ccc(Oc2nc3ccc(OC)cc3s2)cc1C1=C(O)[C@@H]2CC[C@](C)(C1=O)C2(C)C. The molecule has 0 spiro atoms. The molecular formula is C27H29NO4S. The minimum absolute atomic E-state index is 0.0104. The molecule has 2 aliphatic rings. The van der Waals surface area contributed by atoms with Gasteiger partial charge in [-0.1, -0.05) is 45.1 Å². The molecule has 5 rings (SSSR count). The maximum atomic E-state index is 13.8. The number of aromatic nitrogens is 1. The lowest BCUT2D eigenvalue weighted by Gasteiger charge is -2.45. The quantitative estimate of drug-likeness (QED) is 0.443. The van der Waals surface area contributed by atoms with E-state index in [4.69, 9.17) is 9.47 Å². The van der Waals surface area contributed by atoms with Crippen molar-refractivity contribution in [2.75, 3.05) is 7.11 Å². The van der Waals surface area contributed by atoms with Gasteiger partial charge in [0, 0.05) is 11.3 Å². The molecule has 172 valence electrons. The van der Waals surface area contributed by atoms with Gasteiger partial charge in [0.25, 0.3) is 5.19 Å². The molecular weight excluding hydrogens is 434 g/mol. The minimum Gasteiger partial charge on any atom is -0.511 e. The maximum Gasteiger partial charge on any atom is 0.279 e. The Bertz CT molecular complexity index is 1300. The van der Waals surface area contributed by atoms with Crippen LogP contribution in [0.25, 0.3) is 15.8 Å². The van der Waals surface area contributed by atoms with Crippen LogP contribution in [0, 0.1) is 16.7 Å². The number of thiazole rings is 1. The average molecular weight is 464 g/mol. The highest BCUT2D eigenvalue weighted by Gasteiger charge is 2.61. The zero-order valence-corrected chi connectivity index (χ0v) is 20.5. The first-order valence-electron chi connectivity index (χ1n) is 11.4. The fourth-order valence-electron chi connectivity index (χ4n) is 5.53. The molecule has 0 unspecified atom stereocenters. The third-order valence-electron chi connectivity index (χ3n) is 8.05. The van der Waals surface area contributed by atoms with Gasteiger partial charge >= 0.3 is 0 Å². The summed E-state index contributed by atoms with van der Waals surface area (Å²) >= 11 is 1.44. The van der Waals surface area contributed by atoms with Crippen molar-refractivity contribution in [3.05, 3.63) is 53.3 Å². The Hall–Kier alpha value is -2.86. The van der Waals surface area contributed by atoms with Crippen molar-refractivity contribution in [2.24, 2.45) is 16.7 Å². The molecule has 5 nitrogen and oxygen atoms in total. The molecule has 6 heteroatoms. The summed E-state index contributed by atoms with van der Waals surface area (Å²) in [6, 6.07) is 11.5. The molecule has 1 saturated carbocycles. The molecule has 0 radical (unpaired) electrons. The zero-order valence-electron chi connectivity index (χ0n) is 19.7. The van der Waals surface area contributed by atoms with Gasteiger partial charge in [-0.2, -0.15) is 0 Å². The molecule has 2 bridgehead atoms. The van der Waals surface area contributed by atoms with Crippen LogP contribution in [-0.4, -0.2) is 23.0 Å². The minimum atomic E-state index is -0.479. The number of allylic oxidation sites excluding steroid dienone is 2. The van der Waals surface area contributed by atoms with E-state index < -0.39 is 5.41 Å². The first kappa shape index (κ1) is 22.0. The van der Waals surface area contributed by atoms with Crippen molar-refractivity contribution in [2.45, 2.75) is 47.0 Å². The molecule has 33 heavy (non-hydrogen) atoms. The van der Waals surface area contributed by atoms with Gasteiger partial charge in [-0.15, -0.1) is 0 Å². The van der Waals surface area contributed by atoms with E-state index in [1.165, 1.54) is 11.3 Å². The molecule has 1 N–H and O–H groups in total. The molecule has 2 aromatic carbocycles. The Morgan fingerprint density at radius 3 is 2.64 bits per heavy atom. The molecule has 1 aromatic heterocycles. The largest absolute Gasteiger partial charge is 0.511 e.